The fraction of sp³-hybridized carbons (Fsp3) is 0.0625. The van der Waals surface area contributed by atoms with Crippen molar-refractivity contribution < 1.29 is 4.74 Å². The molecule has 0 atom stereocenters. The molecule has 0 saturated heterocycles. The second-order valence-corrected chi connectivity index (χ2v) is 6.28. The average molecular weight is 391 g/mol. The van der Waals surface area contributed by atoms with Gasteiger partial charge in [-0.25, -0.2) is 0 Å². The molecule has 0 unspecified atom stereocenters. The SMILES string of the molecule is O=c1c(Br)cc2c(n1-c1cncc(Cl)c1)COc1cccnc1-2. The molecule has 0 radical (unpaired) electrons. The van der Waals surface area contributed by atoms with Crippen molar-refractivity contribution in [1.29, 1.82) is 0 Å². The van der Waals surface area contributed by atoms with E-state index in [1.54, 1.807) is 29.1 Å². The van der Waals surface area contributed by atoms with Gasteiger partial charge in [0, 0.05) is 18.0 Å². The van der Waals surface area contributed by atoms with Crippen LogP contribution in [0.2, 0.25) is 5.02 Å². The zero-order valence-electron chi connectivity index (χ0n) is 11.7. The molecular formula is C16H9BrClN3O2. The molecule has 0 N–H and O–H groups in total. The molecule has 5 nitrogen and oxygen atoms in total. The maximum absolute atomic E-state index is 12.6. The van der Waals surface area contributed by atoms with Gasteiger partial charge in [-0.3, -0.25) is 19.3 Å². The molecular weight excluding hydrogens is 382 g/mol. The summed E-state index contributed by atoms with van der Waals surface area (Å²) in [6.45, 7) is 0.267. The van der Waals surface area contributed by atoms with E-state index in [0.29, 0.717) is 32.3 Å². The van der Waals surface area contributed by atoms with Gasteiger partial charge in [-0.15, -0.1) is 0 Å². The Bertz CT molecular complexity index is 987. The minimum atomic E-state index is -0.198. The van der Waals surface area contributed by atoms with Crippen LogP contribution in [-0.4, -0.2) is 14.5 Å². The highest BCUT2D eigenvalue weighted by Gasteiger charge is 2.24. The van der Waals surface area contributed by atoms with E-state index in [9.17, 15) is 4.79 Å². The fourth-order valence-corrected chi connectivity index (χ4v) is 3.19. The summed E-state index contributed by atoms with van der Waals surface area (Å²) in [6.07, 6.45) is 4.81. The van der Waals surface area contributed by atoms with Crippen molar-refractivity contribution >= 4 is 27.5 Å². The maximum atomic E-state index is 12.6. The number of halogens is 2. The molecule has 3 aromatic rings. The summed E-state index contributed by atoms with van der Waals surface area (Å²) in [5.74, 6) is 0.696. The van der Waals surface area contributed by atoms with Gasteiger partial charge in [-0.1, -0.05) is 11.6 Å². The lowest BCUT2D eigenvalue weighted by Gasteiger charge is -2.23. The standard InChI is InChI=1S/C16H9BrClN3O2/c17-12-5-11-13(8-23-14-2-1-3-20-15(11)14)21(16(12)22)10-4-9(18)6-19-7-10/h1-7H,8H2. The normalized spacial score (nSPS) is 12.3. The number of aromatic nitrogens is 3. The van der Waals surface area contributed by atoms with E-state index in [0.717, 1.165) is 5.56 Å². The number of ether oxygens (including phenoxy) is 1. The van der Waals surface area contributed by atoms with Gasteiger partial charge in [0.15, 0.2) is 0 Å². The van der Waals surface area contributed by atoms with Crippen LogP contribution < -0.4 is 10.3 Å². The average Bonchev–Trinajstić information content (AvgIpc) is 2.56. The molecule has 3 aromatic heterocycles. The van der Waals surface area contributed by atoms with Crippen LogP contribution in [0.3, 0.4) is 0 Å². The van der Waals surface area contributed by atoms with Gasteiger partial charge < -0.3 is 4.74 Å². The van der Waals surface area contributed by atoms with Crippen LogP contribution in [0.25, 0.3) is 16.9 Å². The van der Waals surface area contributed by atoms with Gasteiger partial charge in [0.1, 0.15) is 18.1 Å². The second kappa shape index (κ2) is 5.47. The number of hydrogen-bond acceptors (Lipinski definition) is 4. The Morgan fingerprint density at radius 2 is 2.17 bits per heavy atom. The molecule has 0 aliphatic carbocycles. The molecule has 23 heavy (non-hydrogen) atoms. The Morgan fingerprint density at radius 3 is 3.00 bits per heavy atom. The highest BCUT2D eigenvalue weighted by atomic mass is 79.9. The first-order valence-corrected chi connectivity index (χ1v) is 7.96. The Morgan fingerprint density at radius 1 is 1.30 bits per heavy atom. The Kier molecular flexibility index (Phi) is 3.43. The van der Waals surface area contributed by atoms with Gasteiger partial charge in [0.05, 0.1) is 27.1 Å². The smallest absolute Gasteiger partial charge is 0.269 e. The van der Waals surface area contributed by atoms with Crippen molar-refractivity contribution in [2.45, 2.75) is 6.61 Å². The molecule has 0 bridgehead atoms. The van der Waals surface area contributed by atoms with Crippen LogP contribution in [0.5, 0.6) is 5.75 Å². The van der Waals surface area contributed by atoms with E-state index in [2.05, 4.69) is 25.9 Å². The van der Waals surface area contributed by atoms with E-state index in [4.69, 9.17) is 16.3 Å². The predicted molar refractivity (Wildman–Crippen MR) is 90.1 cm³/mol. The van der Waals surface area contributed by atoms with E-state index < -0.39 is 0 Å². The van der Waals surface area contributed by atoms with Gasteiger partial charge in [-0.2, -0.15) is 0 Å². The Balaban J connectivity index is 2.06. The molecule has 0 saturated carbocycles. The van der Waals surface area contributed by atoms with Crippen LogP contribution in [-0.2, 0) is 6.61 Å². The van der Waals surface area contributed by atoms with Gasteiger partial charge in [0.25, 0.3) is 5.56 Å². The third-order valence-corrected chi connectivity index (χ3v) is 4.37. The highest BCUT2D eigenvalue weighted by molar-refractivity contribution is 9.10. The van der Waals surface area contributed by atoms with Crippen molar-refractivity contribution in [1.82, 2.24) is 14.5 Å². The zero-order valence-corrected chi connectivity index (χ0v) is 14.0. The molecule has 7 heteroatoms. The van der Waals surface area contributed by atoms with Crippen molar-refractivity contribution in [3.8, 4) is 22.7 Å². The molecule has 0 aromatic carbocycles. The topological polar surface area (TPSA) is 57.0 Å². The summed E-state index contributed by atoms with van der Waals surface area (Å²) in [5, 5.41) is 0.457. The minimum Gasteiger partial charge on any atom is -0.485 e. The van der Waals surface area contributed by atoms with Crippen LogP contribution in [0, 0.1) is 0 Å². The van der Waals surface area contributed by atoms with Gasteiger partial charge in [-0.05, 0) is 40.2 Å². The lowest BCUT2D eigenvalue weighted by atomic mass is 10.1. The summed E-state index contributed by atoms with van der Waals surface area (Å²) in [6, 6.07) is 7.14. The summed E-state index contributed by atoms with van der Waals surface area (Å²) in [5.41, 5.74) is 2.66. The largest absolute Gasteiger partial charge is 0.485 e. The number of nitrogens with zero attached hydrogens (tertiary/aromatic N) is 3. The third-order valence-electron chi connectivity index (χ3n) is 3.60. The first kappa shape index (κ1) is 14.4. The number of pyridine rings is 3. The first-order valence-electron chi connectivity index (χ1n) is 6.78. The molecule has 1 aliphatic heterocycles. The fourth-order valence-electron chi connectivity index (χ4n) is 2.62. The molecule has 4 rings (SSSR count). The van der Waals surface area contributed by atoms with Crippen LogP contribution in [0.4, 0.5) is 0 Å². The van der Waals surface area contributed by atoms with E-state index in [1.807, 2.05) is 12.1 Å². The number of hydrogen-bond donors (Lipinski definition) is 0. The van der Waals surface area contributed by atoms with E-state index in [-0.39, 0.29) is 12.2 Å². The van der Waals surface area contributed by atoms with Crippen molar-refractivity contribution in [3.63, 3.8) is 0 Å². The summed E-state index contributed by atoms with van der Waals surface area (Å²) in [7, 11) is 0. The highest BCUT2D eigenvalue weighted by Crippen LogP contribution is 2.36. The summed E-state index contributed by atoms with van der Waals surface area (Å²) < 4.78 is 7.74. The summed E-state index contributed by atoms with van der Waals surface area (Å²) in [4.78, 5) is 21.1. The van der Waals surface area contributed by atoms with Crippen LogP contribution in [0.1, 0.15) is 5.69 Å². The van der Waals surface area contributed by atoms with Gasteiger partial charge >= 0.3 is 0 Å². The maximum Gasteiger partial charge on any atom is 0.269 e. The molecule has 0 amide bonds. The lowest BCUT2D eigenvalue weighted by Crippen LogP contribution is -2.26. The zero-order chi connectivity index (χ0) is 16.0. The van der Waals surface area contributed by atoms with Crippen molar-refractivity contribution in [2.24, 2.45) is 0 Å². The molecule has 114 valence electrons. The molecule has 0 fully saturated rings. The van der Waals surface area contributed by atoms with E-state index >= 15 is 0 Å². The first-order chi connectivity index (χ1) is 11.1. The monoisotopic (exact) mass is 389 g/mol. The second-order valence-electron chi connectivity index (χ2n) is 4.99. The molecule has 4 heterocycles. The molecule has 0 spiro atoms. The number of rotatable bonds is 1. The van der Waals surface area contributed by atoms with Crippen LogP contribution in [0.15, 0.2) is 52.1 Å². The van der Waals surface area contributed by atoms with Crippen LogP contribution >= 0.6 is 27.5 Å². The summed E-state index contributed by atoms with van der Waals surface area (Å²) >= 11 is 9.36. The quantitative estimate of drug-likeness (QED) is 0.637. The minimum absolute atomic E-state index is 0.198. The van der Waals surface area contributed by atoms with Crippen molar-refractivity contribution in [3.05, 3.63) is 68.4 Å². The van der Waals surface area contributed by atoms with Crippen molar-refractivity contribution in [2.75, 3.05) is 0 Å². The molecule has 1 aliphatic rings. The predicted octanol–water partition coefficient (Wildman–Crippen LogP) is 3.60. The van der Waals surface area contributed by atoms with E-state index in [1.165, 1.54) is 6.20 Å². The third kappa shape index (κ3) is 2.34. The Labute approximate surface area is 144 Å². The Hall–Kier alpha value is -2.18. The lowest BCUT2D eigenvalue weighted by molar-refractivity contribution is 0.292. The van der Waals surface area contributed by atoms with Gasteiger partial charge in [0.2, 0.25) is 0 Å². The number of fused-ring (bicyclic) bond motifs is 3.